The van der Waals surface area contributed by atoms with Crippen molar-refractivity contribution < 1.29 is 9.53 Å². The minimum absolute atomic E-state index is 0.0523. The summed E-state index contributed by atoms with van der Waals surface area (Å²) in [7, 11) is 0. The van der Waals surface area contributed by atoms with E-state index in [0.29, 0.717) is 12.6 Å². The number of hydrogen-bond acceptors (Lipinski definition) is 6. The van der Waals surface area contributed by atoms with Crippen molar-refractivity contribution in [1.29, 1.82) is 0 Å². The molecule has 1 aliphatic carbocycles. The lowest BCUT2D eigenvalue weighted by Crippen LogP contribution is -2.30. The molecule has 1 aliphatic rings. The molecule has 122 valence electrons. The Morgan fingerprint density at radius 2 is 2.13 bits per heavy atom. The van der Waals surface area contributed by atoms with Crippen LogP contribution >= 0.6 is 23.1 Å². The molecule has 0 spiro atoms. The Hall–Kier alpha value is -1.60. The van der Waals surface area contributed by atoms with Gasteiger partial charge in [-0.1, -0.05) is 41.3 Å². The van der Waals surface area contributed by atoms with E-state index in [4.69, 9.17) is 4.74 Å². The van der Waals surface area contributed by atoms with Crippen molar-refractivity contribution in [2.24, 2.45) is 0 Å². The minimum Gasteiger partial charge on any atom is -0.494 e. The molecule has 0 radical (unpaired) electrons. The van der Waals surface area contributed by atoms with E-state index in [0.717, 1.165) is 40.2 Å². The Morgan fingerprint density at radius 3 is 2.83 bits per heavy atom. The molecule has 2 aromatic rings. The number of nitrogens with zero attached hydrogens (tertiary/aromatic N) is 3. The van der Waals surface area contributed by atoms with Crippen molar-refractivity contribution in [3.63, 3.8) is 0 Å². The van der Waals surface area contributed by atoms with E-state index in [-0.39, 0.29) is 5.91 Å². The highest BCUT2D eigenvalue weighted by Crippen LogP contribution is 2.35. The highest BCUT2D eigenvalue weighted by molar-refractivity contribution is 8.01. The number of benzene rings is 1. The van der Waals surface area contributed by atoms with Crippen LogP contribution in [0.1, 0.15) is 26.2 Å². The summed E-state index contributed by atoms with van der Waals surface area (Å²) in [5, 5.41) is 9.07. The number of thioether (sulfide) groups is 1. The van der Waals surface area contributed by atoms with E-state index in [1.54, 1.807) is 23.6 Å². The topological polar surface area (TPSA) is 55.3 Å². The smallest absolute Gasteiger partial charge is 0.225 e. The van der Waals surface area contributed by atoms with Gasteiger partial charge in [-0.25, -0.2) is 0 Å². The van der Waals surface area contributed by atoms with Crippen LogP contribution in [0, 0.1) is 0 Å². The van der Waals surface area contributed by atoms with Gasteiger partial charge in [0.2, 0.25) is 11.0 Å². The maximum Gasteiger partial charge on any atom is 0.225 e. The van der Waals surface area contributed by atoms with E-state index < -0.39 is 0 Å². The normalized spacial score (nSPS) is 13.8. The predicted octanol–water partition coefficient (Wildman–Crippen LogP) is 3.61. The predicted molar refractivity (Wildman–Crippen MR) is 93.4 cm³/mol. The molecule has 0 unspecified atom stereocenters. The third kappa shape index (κ3) is 4.68. The van der Waals surface area contributed by atoms with Crippen molar-refractivity contribution in [2.75, 3.05) is 17.3 Å². The second-order valence-electron chi connectivity index (χ2n) is 5.33. The van der Waals surface area contributed by atoms with Crippen LogP contribution in [0.3, 0.4) is 0 Å². The highest BCUT2D eigenvalue weighted by Gasteiger charge is 2.34. The van der Waals surface area contributed by atoms with Crippen LogP contribution in [0.25, 0.3) is 0 Å². The van der Waals surface area contributed by atoms with Gasteiger partial charge in [-0.3, -0.25) is 9.69 Å². The fourth-order valence-corrected chi connectivity index (χ4v) is 4.10. The van der Waals surface area contributed by atoms with Gasteiger partial charge in [0.25, 0.3) is 0 Å². The molecule has 0 atom stereocenters. The molecule has 1 saturated carbocycles. The zero-order chi connectivity index (χ0) is 16.1. The zero-order valence-electron chi connectivity index (χ0n) is 13.0. The molecule has 1 aromatic carbocycles. The van der Waals surface area contributed by atoms with Gasteiger partial charge in [-0.2, -0.15) is 0 Å². The summed E-state index contributed by atoms with van der Waals surface area (Å²) >= 11 is 3.16. The fraction of sp³-hybridized carbons (Fsp3) is 0.438. The molecule has 0 saturated heterocycles. The van der Waals surface area contributed by atoms with Crippen molar-refractivity contribution >= 4 is 34.1 Å². The molecule has 1 heterocycles. The van der Waals surface area contributed by atoms with Crippen LogP contribution in [0.4, 0.5) is 5.13 Å². The second-order valence-corrected chi connectivity index (χ2v) is 7.63. The van der Waals surface area contributed by atoms with Gasteiger partial charge >= 0.3 is 0 Å². The third-order valence-electron chi connectivity index (χ3n) is 3.38. The van der Waals surface area contributed by atoms with Gasteiger partial charge in [0.15, 0.2) is 4.34 Å². The number of carbonyl (C=O) groups is 1. The number of aromatic nitrogens is 2. The van der Waals surface area contributed by atoms with Crippen LogP contribution < -0.4 is 9.64 Å². The average Bonchev–Trinajstić information content (AvgIpc) is 3.26. The van der Waals surface area contributed by atoms with Gasteiger partial charge in [-0.15, -0.1) is 10.2 Å². The number of ether oxygens (including phenoxy) is 1. The summed E-state index contributed by atoms with van der Waals surface area (Å²) in [5.41, 5.74) is 0. The van der Waals surface area contributed by atoms with Crippen molar-refractivity contribution in [3.05, 3.63) is 30.3 Å². The van der Waals surface area contributed by atoms with Crippen LogP contribution in [-0.4, -0.2) is 34.5 Å². The lowest BCUT2D eigenvalue weighted by Gasteiger charge is -2.15. The monoisotopic (exact) mass is 349 g/mol. The van der Waals surface area contributed by atoms with Crippen LogP contribution in [0.2, 0.25) is 0 Å². The Balaban J connectivity index is 1.41. The largest absolute Gasteiger partial charge is 0.494 e. The van der Waals surface area contributed by atoms with Crippen LogP contribution in [-0.2, 0) is 4.79 Å². The van der Waals surface area contributed by atoms with Gasteiger partial charge in [-0.05, 0) is 31.4 Å². The van der Waals surface area contributed by atoms with Crippen molar-refractivity contribution in [3.8, 4) is 5.75 Å². The second kappa shape index (κ2) is 7.79. The third-order valence-corrected chi connectivity index (χ3v) is 5.52. The summed E-state index contributed by atoms with van der Waals surface area (Å²) in [6.07, 6.45) is 3.07. The summed E-state index contributed by atoms with van der Waals surface area (Å²) < 4.78 is 6.57. The van der Waals surface area contributed by atoms with Gasteiger partial charge in [0.1, 0.15) is 5.75 Å². The quantitative estimate of drug-likeness (QED) is 0.414. The van der Waals surface area contributed by atoms with Gasteiger partial charge in [0.05, 0.1) is 6.61 Å². The molecule has 3 rings (SSSR count). The van der Waals surface area contributed by atoms with E-state index >= 15 is 0 Å². The number of rotatable bonds is 8. The number of carbonyl (C=O) groups excluding carboxylic acids is 1. The zero-order valence-corrected chi connectivity index (χ0v) is 14.6. The molecular weight excluding hydrogens is 330 g/mol. The number of amides is 1. The van der Waals surface area contributed by atoms with Crippen molar-refractivity contribution in [2.45, 2.75) is 36.6 Å². The molecule has 7 heteroatoms. The summed E-state index contributed by atoms with van der Waals surface area (Å²) in [4.78, 5) is 13.5. The number of para-hydroxylation sites is 1. The van der Waals surface area contributed by atoms with Crippen LogP contribution in [0.5, 0.6) is 5.75 Å². The number of hydrogen-bond donors (Lipinski definition) is 0. The SMILES string of the molecule is CC(=O)N(c1nnc(SCCCOc2ccccc2)s1)C1CC1. The molecule has 0 N–H and O–H groups in total. The van der Waals surface area contributed by atoms with E-state index in [9.17, 15) is 4.79 Å². The lowest BCUT2D eigenvalue weighted by molar-refractivity contribution is -0.116. The maximum atomic E-state index is 11.7. The Labute approximate surface area is 144 Å². The van der Waals surface area contributed by atoms with Crippen molar-refractivity contribution in [1.82, 2.24) is 10.2 Å². The lowest BCUT2D eigenvalue weighted by atomic mass is 10.3. The maximum absolute atomic E-state index is 11.7. The molecule has 1 amide bonds. The van der Waals surface area contributed by atoms with E-state index in [1.165, 1.54) is 11.3 Å². The van der Waals surface area contributed by atoms with Crippen LogP contribution in [0.15, 0.2) is 34.7 Å². The molecular formula is C16H19N3O2S2. The molecule has 0 bridgehead atoms. The standard InChI is InChI=1S/C16H19N3O2S2/c1-12(20)19(13-8-9-13)15-17-18-16(23-15)22-11-5-10-21-14-6-3-2-4-7-14/h2-4,6-7,13H,5,8-11H2,1H3. The Kier molecular flexibility index (Phi) is 5.51. The first-order chi connectivity index (χ1) is 11.2. The molecule has 23 heavy (non-hydrogen) atoms. The summed E-state index contributed by atoms with van der Waals surface area (Å²) in [6, 6.07) is 10.2. The first-order valence-corrected chi connectivity index (χ1v) is 9.48. The fourth-order valence-electron chi connectivity index (χ4n) is 2.16. The molecule has 1 aromatic heterocycles. The van der Waals surface area contributed by atoms with Gasteiger partial charge in [0, 0.05) is 18.7 Å². The van der Waals surface area contributed by atoms with Gasteiger partial charge < -0.3 is 4.74 Å². The van der Waals surface area contributed by atoms with E-state index in [2.05, 4.69) is 10.2 Å². The molecule has 1 fully saturated rings. The minimum atomic E-state index is 0.0523. The first-order valence-electron chi connectivity index (χ1n) is 7.68. The average molecular weight is 349 g/mol. The summed E-state index contributed by atoms with van der Waals surface area (Å²) in [5.74, 6) is 1.87. The summed E-state index contributed by atoms with van der Waals surface area (Å²) in [6.45, 7) is 2.28. The van der Waals surface area contributed by atoms with E-state index in [1.807, 2.05) is 30.3 Å². The number of anilines is 1. The Bertz CT molecular complexity index is 644. The first kappa shape index (κ1) is 16.3. The highest BCUT2D eigenvalue weighted by atomic mass is 32.2. The molecule has 0 aliphatic heterocycles. The Morgan fingerprint density at radius 1 is 1.35 bits per heavy atom. The molecule has 5 nitrogen and oxygen atoms in total.